The van der Waals surface area contributed by atoms with Crippen molar-refractivity contribution in [3.63, 3.8) is 0 Å². The van der Waals surface area contributed by atoms with Gasteiger partial charge >= 0.3 is 5.97 Å². The lowest BCUT2D eigenvalue weighted by molar-refractivity contribution is -0.385. The van der Waals surface area contributed by atoms with Gasteiger partial charge in [-0.15, -0.1) is 11.3 Å². The molecule has 1 heterocycles. The Balaban J connectivity index is 2.29. The molecule has 0 saturated heterocycles. The summed E-state index contributed by atoms with van der Waals surface area (Å²) in [5.41, 5.74) is 0.535. The number of thiazole rings is 1. The molecule has 0 aliphatic rings. The summed E-state index contributed by atoms with van der Waals surface area (Å²) in [6.45, 7) is 4.76. The molecule has 0 spiro atoms. The summed E-state index contributed by atoms with van der Waals surface area (Å²) in [7, 11) is 1.36. The van der Waals surface area contributed by atoms with E-state index in [2.05, 4.69) is 10.3 Å². The average Bonchev–Trinajstić information content (AvgIpc) is 2.96. The van der Waals surface area contributed by atoms with Crippen molar-refractivity contribution < 1.29 is 24.4 Å². The highest BCUT2D eigenvalue weighted by Crippen LogP contribution is 2.30. The second kappa shape index (κ2) is 7.48. The average molecular weight is 379 g/mol. The number of ether oxygens (including phenoxy) is 1. The molecule has 0 bridgehead atoms. The standard InChI is InChI=1S/C16H17N3O6S/c1-7-11(19(23)24)5-10(6-12(7)25-4)14(20)17-9(3)15-18-8(2)13(26-15)16(21)22/h5-6,9H,1-4H3,(H,17,20)(H,21,22). The number of aryl methyl sites for hydroxylation is 1. The zero-order valence-corrected chi connectivity index (χ0v) is 15.3. The van der Waals surface area contributed by atoms with Gasteiger partial charge in [0.1, 0.15) is 15.6 Å². The van der Waals surface area contributed by atoms with Gasteiger partial charge in [-0.25, -0.2) is 9.78 Å². The Kier molecular flexibility index (Phi) is 5.56. The number of benzene rings is 1. The van der Waals surface area contributed by atoms with Crippen molar-refractivity contribution in [1.82, 2.24) is 10.3 Å². The first-order valence-electron chi connectivity index (χ1n) is 7.50. The molecule has 0 aliphatic heterocycles. The van der Waals surface area contributed by atoms with Crippen molar-refractivity contribution in [3.05, 3.63) is 49.0 Å². The van der Waals surface area contributed by atoms with Gasteiger partial charge in [0.25, 0.3) is 11.6 Å². The third kappa shape index (κ3) is 3.80. The largest absolute Gasteiger partial charge is 0.496 e. The molecule has 1 aromatic heterocycles. The Morgan fingerprint density at radius 3 is 2.54 bits per heavy atom. The molecule has 1 atom stereocenters. The molecular weight excluding hydrogens is 362 g/mol. The van der Waals surface area contributed by atoms with E-state index < -0.39 is 22.8 Å². The van der Waals surface area contributed by atoms with Crippen molar-refractivity contribution in [1.29, 1.82) is 0 Å². The number of amides is 1. The van der Waals surface area contributed by atoms with E-state index in [1.165, 1.54) is 26.2 Å². The Bertz CT molecular complexity index is 892. The first-order chi connectivity index (χ1) is 12.1. The highest BCUT2D eigenvalue weighted by Gasteiger charge is 2.23. The summed E-state index contributed by atoms with van der Waals surface area (Å²) in [5.74, 6) is -1.40. The van der Waals surface area contributed by atoms with Crippen LogP contribution in [0.2, 0.25) is 0 Å². The van der Waals surface area contributed by atoms with E-state index >= 15 is 0 Å². The van der Waals surface area contributed by atoms with Crippen LogP contribution in [0.3, 0.4) is 0 Å². The Labute approximate surface area is 152 Å². The molecule has 0 fully saturated rings. The fourth-order valence-electron chi connectivity index (χ4n) is 2.35. The number of hydrogen-bond acceptors (Lipinski definition) is 7. The number of carboxylic acid groups (broad SMARTS) is 1. The highest BCUT2D eigenvalue weighted by atomic mass is 32.1. The second-order valence-electron chi connectivity index (χ2n) is 5.55. The highest BCUT2D eigenvalue weighted by molar-refractivity contribution is 7.13. The molecule has 9 nitrogen and oxygen atoms in total. The van der Waals surface area contributed by atoms with Crippen LogP contribution in [0.1, 0.15) is 49.3 Å². The number of hydrogen-bond donors (Lipinski definition) is 2. The number of carboxylic acids is 1. The number of methoxy groups -OCH3 is 1. The molecule has 10 heteroatoms. The van der Waals surface area contributed by atoms with Gasteiger partial charge in [-0.3, -0.25) is 14.9 Å². The van der Waals surface area contributed by atoms with Gasteiger partial charge in [-0.05, 0) is 26.8 Å². The van der Waals surface area contributed by atoms with Gasteiger partial charge < -0.3 is 15.2 Å². The number of aromatic carboxylic acids is 1. The van der Waals surface area contributed by atoms with Crippen LogP contribution < -0.4 is 10.1 Å². The molecule has 1 aromatic carbocycles. The molecule has 0 saturated carbocycles. The number of nitrogens with one attached hydrogen (secondary N) is 1. The summed E-state index contributed by atoms with van der Waals surface area (Å²) >= 11 is 0.973. The van der Waals surface area contributed by atoms with E-state index in [-0.39, 0.29) is 21.9 Å². The monoisotopic (exact) mass is 379 g/mol. The number of nitro groups is 1. The Morgan fingerprint density at radius 2 is 2.04 bits per heavy atom. The lowest BCUT2D eigenvalue weighted by atomic mass is 10.1. The van der Waals surface area contributed by atoms with Gasteiger partial charge in [0, 0.05) is 11.6 Å². The van der Waals surface area contributed by atoms with Crippen molar-refractivity contribution in [3.8, 4) is 5.75 Å². The molecule has 2 aromatic rings. The third-order valence-electron chi connectivity index (χ3n) is 3.74. The first kappa shape index (κ1) is 19.3. The van der Waals surface area contributed by atoms with Crippen LogP contribution in [0, 0.1) is 24.0 Å². The van der Waals surface area contributed by atoms with Crippen molar-refractivity contribution >= 4 is 28.9 Å². The lowest BCUT2D eigenvalue weighted by Gasteiger charge is -2.13. The van der Waals surface area contributed by atoms with E-state index in [1.54, 1.807) is 13.8 Å². The number of nitro benzene ring substituents is 1. The van der Waals surface area contributed by atoms with Gasteiger partial charge in [0.15, 0.2) is 0 Å². The topological polar surface area (TPSA) is 132 Å². The summed E-state index contributed by atoms with van der Waals surface area (Å²) in [5, 5.41) is 23.4. The number of rotatable bonds is 6. The Morgan fingerprint density at radius 1 is 1.38 bits per heavy atom. The predicted octanol–water partition coefficient (Wildman–Crippen LogP) is 2.87. The van der Waals surface area contributed by atoms with Crippen molar-refractivity contribution in [2.75, 3.05) is 7.11 Å². The molecule has 1 amide bonds. The fourth-order valence-corrected chi connectivity index (χ4v) is 3.26. The van der Waals surface area contributed by atoms with Gasteiger partial charge in [-0.1, -0.05) is 0 Å². The maximum atomic E-state index is 12.5. The van der Waals surface area contributed by atoms with Gasteiger partial charge in [0.05, 0.1) is 29.3 Å². The first-order valence-corrected chi connectivity index (χ1v) is 8.31. The SMILES string of the molecule is COc1cc(C(=O)NC(C)c2nc(C)c(C(=O)O)s2)cc([N+](=O)[O-])c1C. The van der Waals surface area contributed by atoms with Crippen LogP contribution in [0.5, 0.6) is 5.75 Å². The molecule has 2 rings (SSSR count). The minimum atomic E-state index is -1.08. The fraction of sp³-hybridized carbons (Fsp3) is 0.312. The predicted molar refractivity (Wildman–Crippen MR) is 94.1 cm³/mol. The molecule has 1 unspecified atom stereocenters. The second-order valence-corrected chi connectivity index (χ2v) is 6.58. The number of carbonyl (C=O) groups is 2. The zero-order valence-electron chi connectivity index (χ0n) is 14.5. The summed E-state index contributed by atoms with van der Waals surface area (Å²) in [4.78, 5) is 38.4. The van der Waals surface area contributed by atoms with Crippen LogP contribution >= 0.6 is 11.3 Å². The quantitative estimate of drug-likeness (QED) is 0.582. The van der Waals surface area contributed by atoms with E-state index in [9.17, 15) is 19.7 Å². The van der Waals surface area contributed by atoms with Crippen LogP contribution in [-0.4, -0.2) is 34.0 Å². The summed E-state index contributed by atoms with van der Waals surface area (Å²) < 4.78 is 5.10. The third-order valence-corrected chi connectivity index (χ3v) is 5.06. The molecule has 0 aliphatic carbocycles. The minimum Gasteiger partial charge on any atom is -0.496 e. The van der Waals surface area contributed by atoms with Gasteiger partial charge in [0.2, 0.25) is 0 Å². The van der Waals surface area contributed by atoms with Crippen LogP contribution in [0.4, 0.5) is 5.69 Å². The number of carbonyl (C=O) groups excluding carboxylic acids is 1. The number of aromatic nitrogens is 1. The molecule has 138 valence electrons. The van der Waals surface area contributed by atoms with Crippen molar-refractivity contribution in [2.24, 2.45) is 0 Å². The normalized spacial score (nSPS) is 11.7. The summed E-state index contributed by atoms with van der Waals surface area (Å²) in [6.07, 6.45) is 0. The van der Waals surface area contributed by atoms with Crippen LogP contribution in [0.25, 0.3) is 0 Å². The summed E-state index contributed by atoms with van der Waals surface area (Å²) in [6, 6.07) is 2.03. The molecule has 26 heavy (non-hydrogen) atoms. The van der Waals surface area contributed by atoms with E-state index in [1.807, 2.05) is 0 Å². The van der Waals surface area contributed by atoms with Crippen LogP contribution in [-0.2, 0) is 0 Å². The molecular formula is C16H17N3O6S. The van der Waals surface area contributed by atoms with Crippen molar-refractivity contribution in [2.45, 2.75) is 26.8 Å². The van der Waals surface area contributed by atoms with E-state index in [4.69, 9.17) is 9.84 Å². The van der Waals surface area contributed by atoms with Gasteiger partial charge in [-0.2, -0.15) is 0 Å². The minimum absolute atomic E-state index is 0.0673. The number of nitrogens with zero attached hydrogens (tertiary/aromatic N) is 2. The Hall–Kier alpha value is -3.01. The van der Waals surface area contributed by atoms with E-state index in [0.717, 1.165) is 11.3 Å². The van der Waals surface area contributed by atoms with E-state index in [0.29, 0.717) is 16.3 Å². The lowest BCUT2D eigenvalue weighted by Crippen LogP contribution is -2.26. The smallest absolute Gasteiger partial charge is 0.347 e. The molecule has 0 radical (unpaired) electrons. The maximum Gasteiger partial charge on any atom is 0.347 e. The maximum absolute atomic E-state index is 12.5. The zero-order chi connectivity index (χ0) is 19.6. The van der Waals surface area contributed by atoms with Crippen LogP contribution in [0.15, 0.2) is 12.1 Å². The molecule has 2 N–H and O–H groups in total.